The van der Waals surface area contributed by atoms with Crippen molar-refractivity contribution in [3.05, 3.63) is 182 Å². The van der Waals surface area contributed by atoms with Gasteiger partial charge in [0.05, 0.1) is 5.69 Å². The van der Waals surface area contributed by atoms with E-state index in [9.17, 15) is 0 Å². The van der Waals surface area contributed by atoms with Gasteiger partial charge in [0.15, 0.2) is 0 Å². The highest BCUT2D eigenvalue weighted by molar-refractivity contribution is 6.25. The van der Waals surface area contributed by atoms with Crippen LogP contribution in [0.2, 0.25) is 0 Å². The normalized spacial score (nSPS) is 11.3. The first kappa shape index (κ1) is 27.9. The van der Waals surface area contributed by atoms with Crippen LogP contribution in [0.5, 0.6) is 0 Å². The van der Waals surface area contributed by atoms with Crippen molar-refractivity contribution in [3.63, 3.8) is 0 Å². The maximum Gasteiger partial charge on any atom is 0.0702 e. The number of benzene rings is 7. The molecule has 2 aromatic heterocycles. The summed E-state index contributed by atoms with van der Waals surface area (Å²) >= 11 is 0. The summed E-state index contributed by atoms with van der Waals surface area (Å²) in [6, 6.07) is 59.0. The number of pyridine rings is 2. The molecule has 0 fully saturated rings. The van der Waals surface area contributed by atoms with Crippen molar-refractivity contribution < 1.29 is 0 Å². The van der Waals surface area contributed by atoms with E-state index in [0.717, 1.165) is 27.9 Å². The minimum Gasteiger partial charge on any atom is -0.264 e. The van der Waals surface area contributed by atoms with Crippen LogP contribution < -0.4 is 0 Å². The summed E-state index contributed by atoms with van der Waals surface area (Å²) in [5, 5.41) is 7.69. The predicted molar refractivity (Wildman–Crippen MR) is 202 cm³/mol. The van der Waals surface area contributed by atoms with Gasteiger partial charge in [-0.05, 0) is 114 Å². The fraction of sp³-hybridized carbons (Fsp3) is 0. The molecule has 2 heteroatoms. The molecular formula is C46H30N2. The van der Waals surface area contributed by atoms with Crippen LogP contribution in [0.3, 0.4) is 0 Å². The summed E-state index contributed by atoms with van der Waals surface area (Å²) in [5.41, 5.74) is 11.3. The van der Waals surface area contributed by atoms with Crippen molar-refractivity contribution >= 4 is 32.3 Å². The van der Waals surface area contributed by atoms with Gasteiger partial charge in [0.1, 0.15) is 0 Å². The van der Waals surface area contributed by atoms with E-state index in [1.54, 1.807) is 0 Å². The Balaban J connectivity index is 1.25. The molecule has 0 amide bonds. The summed E-state index contributed by atoms with van der Waals surface area (Å²) in [6.45, 7) is 0. The molecule has 0 unspecified atom stereocenters. The highest BCUT2D eigenvalue weighted by Gasteiger charge is 2.16. The fourth-order valence-electron chi connectivity index (χ4n) is 7.18. The summed E-state index contributed by atoms with van der Waals surface area (Å²) in [6.07, 6.45) is 5.60. The molecule has 0 radical (unpaired) electrons. The lowest BCUT2D eigenvalue weighted by Crippen LogP contribution is -1.92. The number of fused-ring (bicyclic) bond motifs is 6. The predicted octanol–water partition coefficient (Wildman–Crippen LogP) is 12.3. The standard InChI is InChI=1S/C46H30N2/c1-3-15-38(36(13-1)31-22-23-44-42-19-6-5-17-40(42)41-18-7-8-20-43(41)45(44)29-31)39-16-4-2-14-37(39)34-26-33(32-12-11-24-47-30-32)27-35(28-34)46-21-9-10-25-48-46/h1-30H. The molecule has 48 heavy (non-hydrogen) atoms. The van der Waals surface area contributed by atoms with Gasteiger partial charge in [-0.3, -0.25) is 9.97 Å². The van der Waals surface area contributed by atoms with Crippen LogP contribution in [0.15, 0.2) is 182 Å². The van der Waals surface area contributed by atoms with Gasteiger partial charge >= 0.3 is 0 Å². The molecule has 7 aromatic carbocycles. The average Bonchev–Trinajstić information content (AvgIpc) is 3.18. The molecule has 0 saturated heterocycles. The minimum atomic E-state index is 0.943. The average molecular weight is 611 g/mol. The summed E-state index contributed by atoms with van der Waals surface area (Å²) in [7, 11) is 0. The quantitative estimate of drug-likeness (QED) is 0.181. The third-order valence-corrected chi connectivity index (χ3v) is 9.40. The third kappa shape index (κ3) is 4.83. The van der Waals surface area contributed by atoms with Crippen LogP contribution in [0.25, 0.3) is 88.1 Å². The van der Waals surface area contributed by atoms with Crippen molar-refractivity contribution in [2.75, 3.05) is 0 Å². The summed E-state index contributed by atoms with van der Waals surface area (Å²) in [5.74, 6) is 0. The van der Waals surface area contributed by atoms with Gasteiger partial charge in [0.25, 0.3) is 0 Å². The van der Waals surface area contributed by atoms with Gasteiger partial charge in [-0.1, -0.05) is 121 Å². The number of nitrogens with zero attached hydrogens (tertiary/aromatic N) is 2. The summed E-state index contributed by atoms with van der Waals surface area (Å²) < 4.78 is 0. The second-order valence-electron chi connectivity index (χ2n) is 12.2. The van der Waals surface area contributed by atoms with E-state index in [4.69, 9.17) is 4.98 Å². The second kappa shape index (κ2) is 11.8. The van der Waals surface area contributed by atoms with Crippen LogP contribution in [0.4, 0.5) is 0 Å². The fourth-order valence-corrected chi connectivity index (χ4v) is 7.18. The Morgan fingerprint density at radius 1 is 0.292 bits per heavy atom. The van der Waals surface area contributed by atoms with Crippen molar-refractivity contribution in [2.24, 2.45) is 0 Å². The zero-order valence-corrected chi connectivity index (χ0v) is 26.2. The van der Waals surface area contributed by atoms with Gasteiger partial charge in [-0.15, -0.1) is 0 Å². The van der Waals surface area contributed by atoms with Crippen molar-refractivity contribution in [1.82, 2.24) is 9.97 Å². The maximum atomic E-state index is 4.70. The zero-order chi connectivity index (χ0) is 31.9. The molecule has 9 aromatic rings. The molecule has 0 atom stereocenters. The van der Waals surface area contributed by atoms with Crippen molar-refractivity contribution in [2.45, 2.75) is 0 Å². The number of rotatable bonds is 5. The molecule has 224 valence electrons. The van der Waals surface area contributed by atoms with Crippen molar-refractivity contribution in [3.8, 4) is 55.8 Å². The largest absolute Gasteiger partial charge is 0.264 e. The van der Waals surface area contributed by atoms with Gasteiger partial charge in [-0.2, -0.15) is 0 Å². The molecule has 0 aliphatic carbocycles. The SMILES string of the molecule is c1ccc(-c2cc(-c3cccnc3)cc(-c3ccccc3-c3ccccc3-c3ccc4c5ccccc5c5ccccc5c4c3)c2)nc1. The Morgan fingerprint density at radius 3 is 1.46 bits per heavy atom. The lowest BCUT2D eigenvalue weighted by Gasteiger charge is -2.17. The Bertz CT molecular complexity index is 2510. The monoisotopic (exact) mass is 610 g/mol. The zero-order valence-electron chi connectivity index (χ0n) is 26.2. The maximum absolute atomic E-state index is 4.70. The molecular weight excluding hydrogens is 581 g/mol. The highest BCUT2D eigenvalue weighted by atomic mass is 14.7. The van der Waals surface area contributed by atoms with Crippen LogP contribution in [0.1, 0.15) is 0 Å². The van der Waals surface area contributed by atoms with Gasteiger partial charge in [0, 0.05) is 29.7 Å². The highest BCUT2D eigenvalue weighted by Crippen LogP contribution is 2.42. The van der Waals surface area contributed by atoms with Crippen LogP contribution in [-0.4, -0.2) is 9.97 Å². The van der Waals surface area contributed by atoms with Gasteiger partial charge in [-0.25, -0.2) is 0 Å². The first-order valence-electron chi connectivity index (χ1n) is 16.3. The van der Waals surface area contributed by atoms with Gasteiger partial charge in [0.2, 0.25) is 0 Å². The van der Waals surface area contributed by atoms with E-state index in [1.807, 2.05) is 36.8 Å². The van der Waals surface area contributed by atoms with E-state index < -0.39 is 0 Å². The van der Waals surface area contributed by atoms with E-state index >= 15 is 0 Å². The van der Waals surface area contributed by atoms with E-state index in [2.05, 4.69) is 151 Å². The molecule has 9 rings (SSSR count). The third-order valence-electron chi connectivity index (χ3n) is 9.40. The molecule has 0 aliphatic rings. The van der Waals surface area contributed by atoms with Crippen LogP contribution >= 0.6 is 0 Å². The summed E-state index contributed by atoms with van der Waals surface area (Å²) in [4.78, 5) is 9.12. The molecule has 0 saturated carbocycles. The Labute approximate surface area is 279 Å². The number of aromatic nitrogens is 2. The Morgan fingerprint density at radius 2 is 0.833 bits per heavy atom. The molecule has 2 heterocycles. The lowest BCUT2D eigenvalue weighted by atomic mass is 9.86. The van der Waals surface area contributed by atoms with Crippen LogP contribution in [-0.2, 0) is 0 Å². The molecule has 2 nitrogen and oxygen atoms in total. The number of hydrogen-bond donors (Lipinski definition) is 0. The Kier molecular flexibility index (Phi) is 6.84. The molecule has 0 N–H and O–H groups in total. The second-order valence-corrected chi connectivity index (χ2v) is 12.2. The molecule has 0 bridgehead atoms. The number of hydrogen-bond acceptors (Lipinski definition) is 2. The first-order valence-corrected chi connectivity index (χ1v) is 16.3. The Hall–Kier alpha value is -6.38. The topological polar surface area (TPSA) is 25.8 Å². The van der Waals surface area contributed by atoms with E-state index in [1.165, 1.54) is 60.1 Å². The smallest absolute Gasteiger partial charge is 0.0702 e. The van der Waals surface area contributed by atoms with E-state index in [0.29, 0.717) is 0 Å². The molecule has 0 spiro atoms. The van der Waals surface area contributed by atoms with Crippen molar-refractivity contribution in [1.29, 1.82) is 0 Å². The van der Waals surface area contributed by atoms with E-state index in [-0.39, 0.29) is 0 Å². The molecule has 0 aliphatic heterocycles. The van der Waals surface area contributed by atoms with Crippen LogP contribution in [0, 0.1) is 0 Å². The van der Waals surface area contributed by atoms with Gasteiger partial charge < -0.3 is 0 Å². The minimum absolute atomic E-state index is 0.943. The lowest BCUT2D eigenvalue weighted by molar-refractivity contribution is 1.32. The first-order chi connectivity index (χ1) is 23.8.